The van der Waals surface area contributed by atoms with Gasteiger partial charge in [-0.15, -0.1) is 11.3 Å². The van der Waals surface area contributed by atoms with E-state index >= 15 is 0 Å². The lowest BCUT2D eigenvalue weighted by Gasteiger charge is -2.32. The zero-order chi connectivity index (χ0) is 26.2. The molecule has 0 bridgehead atoms. The number of amides is 3. The third-order valence-corrected chi connectivity index (χ3v) is 8.48. The van der Waals surface area contributed by atoms with Gasteiger partial charge in [-0.05, 0) is 96.2 Å². The highest BCUT2D eigenvalue weighted by molar-refractivity contribution is 7.11. The van der Waals surface area contributed by atoms with Crippen molar-refractivity contribution in [1.82, 2.24) is 15.1 Å². The summed E-state index contributed by atoms with van der Waals surface area (Å²) in [5.41, 5.74) is 2.58. The fraction of sp³-hybridized carbons (Fsp3) is 0.586. The largest absolute Gasteiger partial charge is 0.336 e. The van der Waals surface area contributed by atoms with Gasteiger partial charge in [0, 0.05) is 23.3 Å². The van der Waals surface area contributed by atoms with Gasteiger partial charge in [-0.3, -0.25) is 9.69 Å². The molecule has 7 nitrogen and oxygen atoms in total. The molecule has 1 saturated heterocycles. The molecular formula is C29H43N5O2S. The SMILES string of the molecule is CCCN(CCC)CCCC1CCN(CCNC(=O)N2c3ccccc3NC(=O)c3csc(C)c32)CC1. The van der Waals surface area contributed by atoms with Crippen LogP contribution in [0.5, 0.6) is 0 Å². The summed E-state index contributed by atoms with van der Waals surface area (Å²) < 4.78 is 0. The molecule has 2 aliphatic heterocycles. The quantitative estimate of drug-likeness (QED) is 0.373. The number of rotatable bonds is 11. The molecule has 202 valence electrons. The lowest BCUT2D eigenvalue weighted by molar-refractivity contribution is 0.102. The summed E-state index contributed by atoms with van der Waals surface area (Å²) in [6.07, 6.45) is 7.61. The molecule has 1 fully saturated rings. The Morgan fingerprint density at radius 2 is 1.86 bits per heavy atom. The maximum absolute atomic E-state index is 13.5. The minimum absolute atomic E-state index is 0.173. The Balaban J connectivity index is 1.26. The van der Waals surface area contributed by atoms with E-state index < -0.39 is 0 Å². The number of urea groups is 1. The molecule has 37 heavy (non-hydrogen) atoms. The maximum Gasteiger partial charge on any atom is 0.326 e. The van der Waals surface area contributed by atoms with Gasteiger partial charge in [-0.1, -0.05) is 26.0 Å². The van der Waals surface area contributed by atoms with Crippen LogP contribution in [0.4, 0.5) is 21.9 Å². The number of benzene rings is 1. The van der Waals surface area contributed by atoms with E-state index in [9.17, 15) is 9.59 Å². The van der Waals surface area contributed by atoms with Crippen molar-refractivity contribution in [3.05, 3.63) is 40.1 Å². The highest BCUT2D eigenvalue weighted by Gasteiger charge is 2.32. The molecule has 8 heteroatoms. The number of hydrogen-bond acceptors (Lipinski definition) is 5. The number of piperidine rings is 1. The van der Waals surface area contributed by atoms with Crippen LogP contribution in [0.2, 0.25) is 0 Å². The Hall–Kier alpha value is -2.42. The van der Waals surface area contributed by atoms with Crippen LogP contribution in [0, 0.1) is 12.8 Å². The lowest BCUT2D eigenvalue weighted by Crippen LogP contribution is -2.43. The Kier molecular flexibility index (Phi) is 10.00. The molecule has 2 aliphatic rings. The van der Waals surface area contributed by atoms with Crippen molar-refractivity contribution in [3.63, 3.8) is 0 Å². The molecule has 3 heterocycles. The number of para-hydroxylation sites is 2. The van der Waals surface area contributed by atoms with E-state index in [1.165, 1.54) is 69.5 Å². The van der Waals surface area contributed by atoms with Crippen molar-refractivity contribution < 1.29 is 9.59 Å². The molecular weight excluding hydrogens is 482 g/mol. The highest BCUT2D eigenvalue weighted by atomic mass is 32.1. The van der Waals surface area contributed by atoms with Gasteiger partial charge in [0.05, 0.1) is 22.6 Å². The summed E-state index contributed by atoms with van der Waals surface area (Å²) >= 11 is 1.49. The molecule has 0 unspecified atom stereocenters. The predicted octanol–water partition coefficient (Wildman–Crippen LogP) is 6.08. The fourth-order valence-electron chi connectivity index (χ4n) is 5.65. The van der Waals surface area contributed by atoms with E-state index in [-0.39, 0.29) is 11.9 Å². The molecule has 0 spiro atoms. The van der Waals surface area contributed by atoms with E-state index in [0.29, 0.717) is 29.2 Å². The molecule has 3 amide bonds. The van der Waals surface area contributed by atoms with Gasteiger partial charge in [0.15, 0.2) is 0 Å². The topological polar surface area (TPSA) is 67.9 Å². The number of anilines is 3. The fourth-order valence-corrected chi connectivity index (χ4v) is 6.48. The van der Waals surface area contributed by atoms with Gasteiger partial charge in [-0.2, -0.15) is 0 Å². The first kappa shape index (κ1) is 27.6. The first-order chi connectivity index (χ1) is 18.0. The summed E-state index contributed by atoms with van der Waals surface area (Å²) in [6, 6.07) is 7.30. The minimum Gasteiger partial charge on any atom is -0.336 e. The van der Waals surface area contributed by atoms with Crippen molar-refractivity contribution >= 4 is 40.3 Å². The minimum atomic E-state index is -0.190. The molecule has 2 N–H and O–H groups in total. The van der Waals surface area contributed by atoms with Crippen molar-refractivity contribution in [3.8, 4) is 0 Å². The van der Waals surface area contributed by atoms with Gasteiger partial charge in [0.25, 0.3) is 5.91 Å². The summed E-state index contributed by atoms with van der Waals surface area (Å²) in [6.45, 7) is 13.8. The highest BCUT2D eigenvalue weighted by Crippen LogP contribution is 2.42. The van der Waals surface area contributed by atoms with Crippen LogP contribution < -0.4 is 15.5 Å². The maximum atomic E-state index is 13.5. The molecule has 0 atom stereocenters. The smallest absolute Gasteiger partial charge is 0.326 e. The van der Waals surface area contributed by atoms with Crippen LogP contribution in [-0.4, -0.2) is 67.6 Å². The second-order valence-corrected chi connectivity index (χ2v) is 11.4. The molecule has 2 aromatic rings. The van der Waals surface area contributed by atoms with Crippen molar-refractivity contribution in [1.29, 1.82) is 0 Å². The zero-order valence-corrected chi connectivity index (χ0v) is 23.5. The van der Waals surface area contributed by atoms with Crippen LogP contribution in [0.15, 0.2) is 29.6 Å². The van der Waals surface area contributed by atoms with Crippen LogP contribution in [0.3, 0.4) is 0 Å². The van der Waals surface area contributed by atoms with Gasteiger partial charge in [-0.25, -0.2) is 4.79 Å². The number of nitrogens with one attached hydrogen (secondary N) is 2. The number of likely N-dealkylation sites (tertiary alicyclic amines) is 1. The van der Waals surface area contributed by atoms with E-state index in [2.05, 4.69) is 34.3 Å². The molecule has 0 saturated carbocycles. The number of nitrogens with zero attached hydrogens (tertiary/aromatic N) is 3. The van der Waals surface area contributed by atoms with Crippen LogP contribution >= 0.6 is 11.3 Å². The normalized spacial score (nSPS) is 16.3. The van der Waals surface area contributed by atoms with E-state index in [1.807, 2.05) is 36.6 Å². The van der Waals surface area contributed by atoms with Gasteiger partial charge in [0.1, 0.15) is 0 Å². The second-order valence-electron chi connectivity index (χ2n) is 10.4. The Morgan fingerprint density at radius 1 is 1.14 bits per heavy atom. The number of hydrogen-bond donors (Lipinski definition) is 2. The monoisotopic (exact) mass is 525 g/mol. The Labute approximate surface area is 226 Å². The molecule has 4 rings (SSSR count). The average molecular weight is 526 g/mol. The zero-order valence-electron chi connectivity index (χ0n) is 22.7. The third-order valence-electron chi connectivity index (χ3n) is 7.58. The summed E-state index contributed by atoms with van der Waals surface area (Å²) in [4.78, 5) is 33.9. The molecule has 0 aliphatic carbocycles. The first-order valence-electron chi connectivity index (χ1n) is 14.0. The summed E-state index contributed by atoms with van der Waals surface area (Å²) in [7, 11) is 0. The van der Waals surface area contributed by atoms with Crippen molar-refractivity contribution in [2.45, 2.75) is 59.3 Å². The van der Waals surface area contributed by atoms with Crippen molar-refractivity contribution in [2.75, 3.05) is 56.0 Å². The summed E-state index contributed by atoms with van der Waals surface area (Å²) in [5.74, 6) is 0.656. The van der Waals surface area contributed by atoms with E-state index in [0.717, 1.165) is 30.4 Å². The van der Waals surface area contributed by atoms with Crippen LogP contribution in [0.1, 0.15) is 67.6 Å². The van der Waals surface area contributed by atoms with Crippen molar-refractivity contribution in [2.24, 2.45) is 5.92 Å². The van der Waals surface area contributed by atoms with Gasteiger partial charge >= 0.3 is 6.03 Å². The Bertz CT molecular complexity index is 1040. The molecule has 1 aromatic carbocycles. The van der Waals surface area contributed by atoms with Crippen LogP contribution in [-0.2, 0) is 0 Å². The standard InChI is InChI=1S/C29H43N5O2S/c1-4-15-32(16-5-2)17-8-9-23-12-18-33(19-13-23)20-14-30-29(36)34-26-11-7-6-10-25(26)31-28(35)24-21-37-22(3)27(24)34/h6-7,10-11,21,23H,4-5,8-9,12-20H2,1-3H3,(H,30,36)(H,31,35). The average Bonchev–Trinajstić information content (AvgIpc) is 3.21. The van der Waals surface area contributed by atoms with Gasteiger partial charge < -0.3 is 20.4 Å². The predicted molar refractivity (Wildman–Crippen MR) is 154 cm³/mol. The van der Waals surface area contributed by atoms with E-state index in [1.54, 1.807) is 4.90 Å². The number of fused-ring (bicyclic) bond motifs is 2. The van der Waals surface area contributed by atoms with E-state index in [4.69, 9.17) is 0 Å². The Morgan fingerprint density at radius 3 is 2.59 bits per heavy atom. The van der Waals surface area contributed by atoms with Crippen LogP contribution in [0.25, 0.3) is 0 Å². The number of carbonyl (C=O) groups is 2. The molecule has 0 radical (unpaired) electrons. The number of thiophene rings is 1. The molecule has 1 aromatic heterocycles. The summed E-state index contributed by atoms with van der Waals surface area (Å²) in [5, 5.41) is 7.92. The lowest BCUT2D eigenvalue weighted by atomic mass is 9.92. The number of aryl methyl sites for hydroxylation is 1. The third kappa shape index (κ3) is 6.92. The second kappa shape index (κ2) is 13.4. The van der Waals surface area contributed by atoms with Gasteiger partial charge in [0.2, 0.25) is 0 Å². The number of carbonyl (C=O) groups excluding carboxylic acids is 2. The first-order valence-corrected chi connectivity index (χ1v) is 14.9.